The van der Waals surface area contributed by atoms with Crippen LogP contribution in [0, 0.1) is 0 Å². The Labute approximate surface area is 279 Å². The van der Waals surface area contributed by atoms with E-state index in [1.165, 1.54) is 44.2 Å². The van der Waals surface area contributed by atoms with E-state index in [2.05, 4.69) is 181 Å². The van der Waals surface area contributed by atoms with Crippen LogP contribution in [0.2, 0.25) is 0 Å². The van der Waals surface area contributed by atoms with Crippen molar-refractivity contribution in [3.8, 4) is 33.4 Å². The maximum atomic E-state index is 6.55. The molecule has 1 aromatic heterocycles. The Hall–Kier alpha value is -6.38. The average Bonchev–Trinajstić information content (AvgIpc) is 3.55. The molecule has 8 aromatic carbocycles. The van der Waals surface area contributed by atoms with E-state index in [0.29, 0.717) is 0 Å². The highest BCUT2D eigenvalue weighted by Crippen LogP contribution is 2.43. The summed E-state index contributed by atoms with van der Waals surface area (Å²) in [6.07, 6.45) is 0. The number of furan rings is 1. The maximum Gasteiger partial charge on any atom is 0.159 e. The van der Waals surface area contributed by atoms with E-state index in [9.17, 15) is 0 Å². The minimum Gasteiger partial charge on any atom is -0.454 e. The Bertz CT molecular complexity index is 2530. The molecule has 1 heterocycles. The van der Waals surface area contributed by atoms with E-state index in [-0.39, 0.29) is 0 Å². The third-order valence-corrected chi connectivity index (χ3v) is 9.26. The lowest BCUT2D eigenvalue weighted by Gasteiger charge is -2.26. The normalized spacial score (nSPS) is 11.3. The first kappa shape index (κ1) is 27.9. The summed E-state index contributed by atoms with van der Waals surface area (Å²) in [5.41, 5.74) is 12.1. The van der Waals surface area contributed by atoms with Gasteiger partial charge in [-0.2, -0.15) is 0 Å². The van der Waals surface area contributed by atoms with Crippen LogP contribution < -0.4 is 4.90 Å². The number of benzene rings is 8. The summed E-state index contributed by atoms with van der Waals surface area (Å²) in [4.78, 5) is 2.30. The molecule has 9 aromatic rings. The summed E-state index contributed by atoms with van der Waals surface area (Å²) in [5.74, 6) is 0. The first-order chi connectivity index (χ1) is 23.8. The van der Waals surface area contributed by atoms with E-state index in [1.54, 1.807) is 0 Å². The molecule has 0 spiro atoms. The van der Waals surface area contributed by atoms with Crippen molar-refractivity contribution >= 4 is 49.8 Å². The van der Waals surface area contributed by atoms with Crippen LogP contribution in [-0.4, -0.2) is 0 Å². The standard InChI is InChI=1S/C46H31NO/c1-3-12-32(13-4-1)33-22-26-38(27-23-33)47(44-20-11-19-42-41-18-9-10-21-45(41)48-46(42)44)39-28-24-34(25-29-39)37-30-36-16-7-8-17-40(36)43(31-37)35-14-5-2-6-15-35/h1-31H. The number of nitrogens with zero attached hydrogens (tertiary/aromatic N) is 1. The van der Waals surface area contributed by atoms with Crippen LogP contribution in [0.25, 0.3) is 66.1 Å². The van der Waals surface area contributed by atoms with E-state index in [0.717, 1.165) is 39.0 Å². The molecule has 0 radical (unpaired) electrons. The molecule has 0 bridgehead atoms. The molecule has 0 aliphatic heterocycles. The molecule has 0 unspecified atom stereocenters. The quantitative estimate of drug-likeness (QED) is 0.185. The van der Waals surface area contributed by atoms with Gasteiger partial charge in [-0.3, -0.25) is 0 Å². The Morgan fingerprint density at radius 1 is 0.354 bits per heavy atom. The van der Waals surface area contributed by atoms with Crippen molar-refractivity contribution in [3.63, 3.8) is 0 Å². The second-order valence-electron chi connectivity index (χ2n) is 12.2. The molecule has 48 heavy (non-hydrogen) atoms. The van der Waals surface area contributed by atoms with E-state index >= 15 is 0 Å². The average molecular weight is 614 g/mol. The first-order valence-corrected chi connectivity index (χ1v) is 16.3. The van der Waals surface area contributed by atoms with Crippen molar-refractivity contribution in [2.75, 3.05) is 4.90 Å². The fraction of sp³-hybridized carbons (Fsp3) is 0. The van der Waals surface area contributed by atoms with Gasteiger partial charge < -0.3 is 9.32 Å². The lowest BCUT2D eigenvalue weighted by Crippen LogP contribution is -2.10. The number of anilines is 3. The van der Waals surface area contributed by atoms with Crippen LogP contribution in [0.15, 0.2) is 192 Å². The van der Waals surface area contributed by atoms with Crippen molar-refractivity contribution in [2.45, 2.75) is 0 Å². The van der Waals surface area contributed by atoms with Gasteiger partial charge in [0.1, 0.15) is 5.58 Å². The number of fused-ring (bicyclic) bond motifs is 4. The number of para-hydroxylation sites is 2. The van der Waals surface area contributed by atoms with Gasteiger partial charge >= 0.3 is 0 Å². The molecule has 0 saturated carbocycles. The van der Waals surface area contributed by atoms with E-state index in [4.69, 9.17) is 4.42 Å². The molecule has 0 saturated heterocycles. The molecule has 226 valence electrons. The smallest absolute Gasteiger partial charge is 0.159 e. The second kappa shape index (κ2) is 11.8. The Morgan fingerprint density at radius 3 is 1.60 bits per heavy atom. The summed E-state index contributed by atoms with van der Waals surface area (Å²) < 4.78 is 6.55. The molecular weight excluding hydrogens is 583 g/mol. The molecule has 0 N–H and O–H groups in total. The van der Waals surface area contributed by atoms with Crippen LogP contribution in [0.1, 0.15) is 0 Å². The molecule has 0 aliphatic rings. The highest BCUT2D eigenvalue weighted by atomic mass is 16.3. The molecule has 0 atom stereocenters. The predicted molar refractivity (Wildman–Crippen MR) is 202 cm³/mol. The Morgan fingerprint density at radius 2 is 0.896 bits per heavy atom. The van der Waals surface area contributed by atoms with Crippen molar-refractivity contribution in [3.05, 3.63) is 188 Å². The zero-order chi connectivity index (χ0) is 31.9. The zero-order valence-electron chi connectivity index (χ0n) is 26.3. The summed E-state index contributed by atoms with van der Waals surface area (Å²) >= 11 is 0. The highest BCUT2D eigenvalue weighted by molar-refractivity contribution is 6.10. The molecule has 0 amide bonds. The summed E-state index contributed by atoms with van der Waals surface area (Å²) in [7, 11) is 0. The number of hydrogen-bond acceptors (Lipinski definition) is 2. The lowest BCUT2D eigenvalue weighted by atomic mass is 9.93. The zero-order valence-corrected chi connectivity index (χ0v) is 26.3. The van der Waals surface area contributed by atoms with Gasteiger partial charge in [0.2, 0.25) is 0 Å². The topological polar surface area (TPSA) is 16.4 Å². The largest absolute Gasteiger partial charge is 0.454 e. The van der Waals surface area contributed by atoms with Crippen LogP contribution in [0.4, 0.5) is 17.1 Å². The number of hydrogen-bond donors (Lipinski definition) is 0. The fourth-order valence-corrected chi connectivity index (χ4v) is 6.91. The minimum atomic E-state index is 0.872. The molecule has 2 heteroatoms. The van der Waals surface area contributed by atoms with Crippen LogP contribution in [-0.2, 0) is 0 Å². The monoisotopic (exact) mass is 613 g/mol. The van der Waals surface area contributed by atoms with Gasteiger partial charge in [-0.15, -0.1) is 0 Å². The third kappa shape index (κ3) is 4.92. The minimum absolute atomic E-state index is 0.872. The first-order valence-electron chi connectivity index (χ1n) is 16.3. The molecule has 0 fully saturated rings. The van der Waals surface area contributed by atoms with Crippen LogP contribution >= 0.6 is 0 Å². The summed E-state index contributed by atoms with van der Waals surface area (Å²) in [6, 6.07) is 66.8. The van der Waals surface area contributed by atoms with Crippen molar-refractivity contribution < 1.29 is 4.42 Å². The van der Waals surface area contributed by atoms with Crippen LogP contribution in [0.5, 0.6) is 0 Å². The predicted octanol–water partition coefficient (Wildman–Crippen LogP) is 13.2. The maximum absolute atomic E-state index is 6.55. The van der Waals surface area contributed by atoms with Gasteiger partial charge in [0.05, 0.1) is 5.69 Å². The van der Waals surface area contributed by atoms with Gasteiger partial charge in [-0.1, -0.05) is 140 Å². The van der Waals surface area contributed by atoms with Gasteiger partial charge in [-0.25, -0.2) is 0 Å². The SMILES string of the molecule is c1ccc(-c2ccc(N(c3ccc(-c4cc(-c5ccccc5)c5ccccc5c4)cc3)c3cccc4c3oc3ccccc34)cc2)cc1. The lowest BCUT2D eigenvalue weighted by molar-refractivity contribution is 0.669. The molecule has 9 rings (SSSR count). The van der Waals surface area contributed by atoms with Gasteiger partial charge in [0.15, 0.2) is 5.58 Å². The van der Waals surface area contributed by atoms with Crippen molar-refractivity contribution in [1.82, 2.24) is 0 Å². The summed E-state index contributed by atoms with van der Waals surface area (Å²) in [6.45, 7) is 0. The van der Waals surface area contributed by atoms with E-state index in [1.807, 2.05) is 12.1 Å². The highest BCUT2D eigenvalue weighted by Gasteiger charge is 2.19. The summed E-state index contributed by atoms with van der Waals surface area (Å²) in [5, 5.41) is 4.72. The second-order valence-corrected chi connectivity index (χ2v) is 12.2. The Kier molecular flexibility index (Phi) is 6.84. The van der Waals surface area contributed by atoms with Gasteiger partial charge in [0, 0.05) is 22.1 Å². The molecular formula is C46H31NO. The Balaban J connectivity index is 1.18. The number of rotatable bonds is 6. The van der Waals surface area contributed by atoms with Crippen LogP contribution in [0.3, 0.4) is 0 Å². The molecule has 2 nitrogen and oxygen atoms in total. The van der Waals surface area contributed by atoms with E-state index < -0.39 is 0 Å². The van der Waals surface area contributed by atoms with Gasteiger partial charge in [0.25, 0.3) is 0 Å². The van der Waals surface area contributed by atoms with Crippen molar-refractivity contribution in [1.29, 1.82) is 0 Å². The molecule has 0 aliphatic carbocycles. The third-order valence-electron chi connectivity index (χ3n) is 9.26. The van der Waals surface area contributed by atoms with Gasteiger partial charge in [-0.05, 0) is 92.7 Å². The van der Waals surface area contributed by atoms with Crippen molar-refractivity contribution in [2.24, 2.45) is 0 Å². The fourth-order valence-electron chi connectivity index (χ4n) is 6.91.